The topological polar surface area (TPSA) is 48.1 Å². The zero-order valence-corrected chi connectivity index (χ0v) is 17.2. The molecule has 1 amide bonds. The summed E-state index contributed by atoms with van der Waals surface area (Å²) in [4.78, 5) is 18.0. The Hall–Kier alpha value is -3.01. The number of nitrogens with one attached hydrogen (secondary N) is 2. The summed E-state index contributed by atoms with van der Waals surface area (Å²) in [6, 6.07) is 17.0. The second-order valence-electron chi connectivity index (χ2n) is 8.10. The van der Waals surface area contributed by atoms with Crippen molar-refractivity contribution in [3.8, 4) is 0 Å². The van der Waals surface area contributed by atoms with Crippen molar-refractivity contribution in [3.05, 3.63) is 78.0 Å². The molecule has 0 radical (unpaired) electrons. The van der Waals surface area contributed by atoms with Gasteiger partial charge in [-0.05, 0) is 48.1 Å². The van der Waals surface area contributed by atoms with Gasteiger partial charge in [-0.25, -0.2) is 0 Å². The minimum absolute atomic E-state index is 0.102. The predicted molar refractivity (Wildman–Crippen MR) is 120 cm³/mol. The fourth-order valence-corrected chi connectivity index (χ4v) is 4.19. The van der Waals surface area contributed by atoms with Gasteiger partial charge in [0.2, 0.25) is 5.91 Å². The average Bonchev–Trinajstić information content (AvgIpc) is 3.39. The summed E-state index contributed by atoms with van der Waals surface area (Å²) in [5.74, 6) is 0.627. The van der Waals surface area contributed by atoms with Crippen LogP contribution in [-0.4, -0.2) is 31.5 Å². The number of hydrogen-bond acceptors (Lipinski definition) is 2. The van der Waals surface area contributed by atoms with E-state index >= 15 is 0 Å². The van der Waals surface area contributed by atoms with Crippen molar-refractivity contribution in [2.75, 3.05) is 25.5 Å². The number of carbonyl (C=O) groups is 1. The minimum Gasteiger partial charge on any atom is -0.378 e. The Kier molecular flexibility index (Phi) is 5.70. The van der Waals surface area contributed by atoms with E-state index in [1.807, 2.05) is 20.2 Å². The van der Waals surface area contributed by atoms with Crippen LogP contribution >= 0.6 is 0 Å². The second kappa shape index (κ2) is 8.56. The number of benzene rings is 2. The molecule has 4 nitrogen and oxygen atoms in total. The van der Waals surface area contributed by atoms with Crippen molar-refractivity contribution in [1.82, 2.24) is 10.3 Å². The molecule has 29 heavy (non-hydrogen) atoms. The zero-order chi connectivity index (χ0) is 20.2. The number of amides is 1. The van der Waals surface area contributed by atoms with Crippen molar-refractivity contribution in [1.29, 1.82) is 0 Å². The van der Waals surface area contributed by atoms with E-state index in [2.05, 4.69) is 76.0 Å². The van der Waals surface area contributed by atoms with Crippen LogP contribution in [0.5, 0.6) is 0 Å². The van der Waals surface area contributed by atoms with Gasteiger partial charge in [0.25, 0.3) is 0 Å². The monoisotopic (exact) mass is 387 g/mol. The Bertz CT molecular complexity index is 1000. The molecule has 0 unspecified atom stereocenters. The molecule has 0 fully saturated rings. The van der Waals surface area contributed by atoms with E-state index in [0.29, 0.717) is 18.9 Å². The number of aromatic amines is 1. The first-order chi connectivity index (χ1) is 14.1. The summed E-state index contributed by atoms with van der Waals surface area (Å²) in [7, 11) is 4.09. The SMILES string of the molecule is CN(C)c1ccc([C@H](CNC(=O)C[C@H]2C=CCC2)c2c[nH]c3ccccc23)cc1. The molecular weight excluding hydrogens is 358 g/mol. The molecule has 0 aliphatic heterocycles. The Morgan fingerprint density at radius 3 is 2.69 bits per heavy atom. The molecule has 3 aromatic rings. The Morgan fingerprint density at radius 1 is 1.17 bits per heavy atom. The highest BCUT2D eigenvalue weighted by atomic mass is 16.1. The molecule has 4 rings (SSSR count). The molecule has 4 heteroatoms. The highest BCUT2D eigenvalue weighted by molar-refractivity contribution is 5.84. The predicted octanol–water partition coefficient (Wildman–Crippen LogP) is 4.84. The molecule has 1 heterocycles. The number of hydrogen-bond donors (Lipinski definition) is 2. The van der Waals surface area contributed by atoms with E-state index in [9.17, 15) is 4.79 Å². The molecule has 2 N–H and O–H groups in total. The lowest BCUT2D eigenvalue weighted by atomic mass is 9.90. The number of para-hydroxylation sites is 1. The second-order valence-corrected chi connectivity index (χ2v) is 8.10. The summed E-state index contributed by atoms with van der Waals surface area (Å²) < 4.78 is 0. The number of nitrogens with zero attached hydrogens (tertiary/aromatic N) is 1. The molecule has 150 valence electrons. The maximum absolute atomic E-state index is 12.6. The first-order valence-corrected chi connectivity index (χ1v) is 10.4. The van der Waals surface area contributed by atoms with Gasteiger partial charge in [-0.15, -0.1) is 0 Å². The lowest BCUT2D eigenvalue weighted by Gasteiger charge is -2.20. The number of carbonyl (C=O) groups excluding carboxylic acids is 1. The van der Waals surface area contributed by atoms with Crippen molar-refractivity contribution in [3.63, 3.8) is 0 Å². The summed E-state index contributed by atoms with van der Waals surface area (Å²) >= 11 is 0. The standard InChI is InChI=1S/C25H29N3O/c1-28(2)20-13-11-19(12-14-20)22(16-27-25(29)15-18-7-3-4-8-18)23-17-26-24-10-6-5-9-21(23)24/h3,5-7,9-14,17-18,22,26H,4,8,15-16H2,1-2H3,(H,27,29)/t18-,22-/m0/s1. The number of fused-ring (bicyclic) bond motifs is 1. The molecule has 1 aliphatic rings. The van der Waals surface area contributed by atoms with Crippen molar-refractivity contribution in [2.45, 2.75) is 25.2 Å². The largest absolute Gasteiger partial charge is 0.378 e. The molecule has 0 saturated carbocycles. The lowest BCUT2D eigenvalue weighted by molar-refractivity contribution is -0.121. The van der Waals surface area contributed by atoms with Gasteiger partial charge < -0.3 is 15.2 Å². The number of allylic oxidation sites excluding steroid dienone is 2. The fourth-order valence-electron chi connectivity index (χ4n) is 4.19. The van der Waals surface area contributed by atoms with E-state index < -0.39 is 0 Å². The zero-order valence-electron chi connectivity index (χ0n) is 17.2. The highest BCUT2D eigenvalue weighted by Crippen LogP contribution is 2.31. The quantitative estimate of drug-likeness (QED) is 0.570. The van der Waals surface area contributed by atoms with Gasteiger partial charge in [-0.2, -0.15) is 0 Å². The van der Waals surface area contributed by atoms with Gasteiger partial charge in [0.15, 0.2) is 0 Å². The first-order valence-electron chi connectivity index (χ1n) is 10.4. The normalized spacial score (nSPS) is 16.8. The van der Waals surface area contributed by atoms with Gasteiger partial charge in [0.05, 0.1) is 0 Å². The van der Waals surface area contributed by atoms with Gasteiger partial charge in [0, 0.05) is 55.8 Å². The smallest absolute Gasteiger partial charge is 0.220 e. The van der Waals surface area contributed by atoms with Gasteiger partial charge in [-0.3, -0.25) is 4.79 Å². The van der Waals surface area contributed by atoms with Crippen LogP contribution in [0.15, 0.2) is 66.9 Å². The van der Waals surface area contributed by atoms with Crippen LogP contribution in [0.25, 0.3) is 10.9 Å². The maximum Gasteiger partial charge on any atom is 0.220 e. The van der Waals surface area contributed by atoms with Crippen molar-refractivity contribution < 1.29 is 4.79 Å². The van der Waals surface area contributed by atoms with Crippen LogP contribution < -0.4 is 10.2 Å². The maximum atomic E-state index is 12.6. The summed E-state index contributed by atoms with van der Waals surface area (Å²) in [5, 5.41) is 4.41. The van der Waals surface area contributed by atoms with E-state index in [4.69, 9.17) is 0 Å². The highest BCUT2D eigenvalue weighted by Gasteiger charge is 2.20. The summed E-state index contributed by atoms with van der Waals surface area (Å²) in [5.41, 5.74) is 4.73. The van der Waals surface area contributed by atoms with Gasteiger partial charge >= 0.3 is 0 Å². The van der Waals surface area contributed by atoms with Crippen LogP contribution in [0, 0.1) is 5.92 Å². The van der Waals surface area contributed by atoms with Crippen LogP contribution in [0.4, 0.5) is 5.69 Å². The van der Waals surface area contributed by atoms with Gasteiger partial charge in [0.1, 0.15) is 0 Å². The molecule has 1 aromatic heterocycles. The van der Waals surface area contributed by atoms with Crippen molar-refractivity contribution in [2.24, 2.45) is 5.92 Å². The lowest BCUT2D eigenvalue weighted by Crippen LogP contribution is -2.29. The van der Waals surface area contributed by atoms with Crippen LogP contribution in [-0.2, 0) is 4.79 Å². The van der Waals surface area contributed by atoms with Gasteiger partial charge in [-0.1, -0.05) is 42.5 Å². The number of H-pyrrole nitrogens is 1. The Balaban J connectivity index is 1.58. The van der Waals surface area contributed by atoms with Crippen LogP contribution in [0.2, 0.25) is 0 Å². The van der Waals surface area contributed by atoms with Crippen molar-refractivity contribution >= 4 is 22.5 Å². The molecule has 0 spiro atoms. The Morgan fingerprint density at radius 2 is 1.97 bits per heavy atom. The third-order valence-corrected chi connectivity index (χ3v) is 5.87. The molecule has 2 aromatic carbocycles. The number of aromatic nitrogens is 1. The number of anilines is 1. The molecule has 0 saturated heterocycles. The summed E-state index contributed by atoms with van der Waals surface area (Å²) in [6.45, 7) is 0.596. The third kappa shape index (κ3) is 4.37. The molecule has 2 atom stereocenters. The van der Waals surface area contributed by atoms with Crippen LogP contribution in [0.1, 0.15) is 36.3 Å². The number of rotatable bonds is 7. The van der Waals surface area contributed by atoms with E-state index in [0.717, 1.165) is 18.4 Å². The minimum atomic E-state index is 0.102. The van der Waals surface area contributed by atoms with E-state index in [1.54, 1.807) is 0 Å². The Labute approximate surface area is 172 Å². The first kappa shape index (κ1) is 19.3. The van der Waals surface area contributed by atoms with Crippen LogP contribution in [0.3, 0.4) is 0 Å². The third-order valence-electron chi connectivity index (χ3n) is 5.87. The van der Waals surface area contributed by atoms with E-state index in [-0.39, 0.29) is 11.8 Å². The summed E-state index contributed by atoms with van der Waals surface area (Å²) in [6.07, 6.45) is 9.20. The fraction of sp³-hybridized carbons (Fsp3) is 0.320. The molecule has 0 bridgehead atoms. The average molecular weight is 388 g/mol. The molecular formula is C25H29N3O. The van der Waals surface area contributed by atoms with E-state index in [1.165, 1.54) is 22.2 Å². The molecule has 1 aliphatic carbocycles.